The van der Waals surface area contributed by atoms with Crippen molar-refractivity contribution in [1.29, 1.82) is 0 Å². The summed E-state index contributed by atoms with van der Waals surface area (Å²) in [6, 6.07) is 3.82. The van der Waals surface area contributed by atoms with E-state index < -0.39 is 22.4 Å². The second-order valence-corrected chi connectivity index (χ2v) is 7.42. The van der Waals surface area contributed by atoms with Crippen LogP contribution in [0.15, 0.2) is 23.1 Å². The van der Waals surface area contributed by atoms with Crippen molar-refractivity contribution in [1.82, 2.24) is 9.21 Å². The fourth-order valence-electron chi connectivity index (χ4n) is 2.64. The lowest BCUT2D eigenvalue weighted by Crippen LogP contribution is -2.44. The number of hydrogen-bond acceptors (Lipinski definition) is 4. The Bertz CT molecular complexity index is 596. The van der Waals surface area contributed by atoms with E-state index in [1.54, 1.807) is 0 Å². The molecule has 1 fully saturated rings. The molecule has 2 rings (SSSR count). The normalized spacial score (nSPS) is 18.3. The highest BCUT2D eigenvalue weighted by Gasteiger charge is 2.31. The summed E-state index contributed by atoms with van der Waals surface area (Å²) in [5.74, 6) is -0.617. The van der Waals surface area contributed by atoms with E-state index in [1.165, 1.54) is 10.4 Å². The minimum atomic E-state index is -3.76. The highest BCUT2D eigenvalue weighted by Crippen LogP contribution is 2.25. The van der Waals surface area contributed by atoms with Crippen molar-refractivity contribution in [3.8, 4) is 0 Å². The minimum Gasteiger partial charge on any atom is -0.392 e. The van der Waals surface area contributed by atoms with Crippen LogP contribution in [0.5, 0.6) is 0 Å². The van der Waals surface area contributed by atoms with Gasteiger partial charge in [-0.1, -0.05) is 6.07 Å². The topological polar surface area (TPSA) is 60.9 Å². The van der Waals surface area contributed by atoms with Crippen molar-refractivity contribution in [3.05, 3.63) is 29.6 Å². The second kappa shape index (κ2) is 6.39. The lowest BCUT2D eigenvalue weighted by atomic mass is 10.1. The van der Waals surface area contributed by atoms with Gasteiger partial charge in [0.15, 0.2) is 0 Å². The average molecular weight is 316 g/mol. The zero-order valence-corrected chi connectivity index (χ0v) is 13.1. The predicted octanol–water partition coefficient (Wildman–Crippen LogP) is 1.03. The largest absolute Gasteiger partial charge is 0.392 e. The minimum absolute atomic E-state index is 0.131. The van der Waals surface area contributed by atoms with Crippen LogP contribution >= 0.6 is 0 Å². The Balaban J connectivity index is 2.25. The van der Waals surface area contributed by atoms with Gasteiger partial charge >= 0.3 is 0 Å². The Kier molecular flexibility index (Phi) is 4.98. The number of sulfonamides is 1. The molecule has 1 aliphatic rings. The standard InChI is InChI=1S/C14H21FN2O3S/c1-16(2)13-5-7-17(8-6-13)21(19,20)14-9-12(15)4-3-11(14)10-18/h3-4,9,13,18H,5-8,10H2,1-2H3. The van der Waals surface area contributed by atoms with Crippen LogP contribution in [0.4, 0.5) is 4.39 Å². The molecule has 0 unspecified atom stereocenters. The highest BCUT2D eigenvalue weighted by molar-refractivity contribution is 7.89. The van der Waals surface area contributed by atoms with E-state index in [1.807, 2.05) is 14.1 Å². The molecule has 1 N–H and O–H groups in total. The molecule has 0 bridgehead atoms. The van der Waals surface area contributed by atoms with Crippen molar-refractivity contribution in [2.75, 3.05) is 27.2 Å². The van der Waals surface area contributed by atoms with Gasteiger partial charge in [0.1, 0.15) is 5.82 Å². The molecule has 7 heteroatoms. The predicted molar refractivity (Wildman–Crippen MR) is 77.8 cm³/mol. The fraction of sp³-hybridized carbons (Fsp3) is 0.571. The highest BCUT2D eigenvalue weighted by atomic mass is 32.2. The quantitative estimate of drug-likeness (QED) is 0.901. The molecule has 1 saturated heterocycles. The van der Waals surface area contributed by atoms with Crippen molar-refractivity contribution in [3.63, 3.8) is 0 Å². The van der Waals surface area contributed by atoms with E-state index in [-0.39, 0.29) is 10.5 Å². The number of hydrogen-bond donors (Lipinski definition) is 1. The third-order valence-corrected chi connectivity index (χ3v) is 5.95. The maximum atomic E-state index is 13.4. The summed E-state index contributed by atoms with van der Waals surface area (Å²) in [5, 5.41) is 9.27. The van der Waals surface area contributed by atoms with E-state index >= 15 is 0 Å². The third-order valence-electron chi connectivity index (χ3n) is 3.97. The Morgan fingerprint density at radius 1 is 1.33 bits per heavy atom. The molecule has 0 spiro atoms. The first-order valence-electron chi connectivity index (χ1n) is 6.92. The molecule has 0 radical (unpaired) electrons. The number of benzene rings is 1. The summed E-state index contributed by atoms with van der Waals surface area (Å²) < 4.78 is 40.0. The SMILES string of the molecule is CN(C)C1CCN(S(=O)(=O)c2cc(F)ccc2CO)CC1. The van der Waals surface area contributed by atoms with Gasteiger partial charge < -0.3 is 10.0 Å². The van der Waals surface area contributed by atoms with Gasteiger partial charge in [0.05, 0.1) is 11.5 Å². The van der Waals surface area contributed by atoms with Crippen LogP contribution in [0.3, 0.4) is 0 Å². The summed E-state index contributed by atoms with van der Waals surface area (Å²) in [7, 11) is 0.193. The molecule has 118 valence electrons. The van der Waals surface area contributed by atoms with Gasteiger partial charge in [-0.25, -0.2) is 12.8 Å². The summed E-state index contributed by atoms with van der Waals surface area (Å²) in [5.41, 5.74) is 0.228. The molecule has 0 atom stereocenters. The number of aliphatic hydroxyl groups is 1. The molecule has 0 amide bonds. The van der Waals surface area contributed by atoms with E-state index in [4.69, 9.17) is 0 Å². The van der Waals surface area contributed by atoms with Crippen LogP contribution in [-0.4, -0.2) is 56.0 Å². The zero-order chi connectivity index (χ0) is 15.6. The molecule has 0 aliphatic carbocycles. The van der Waals surface area contributed by atoms with Crippen LogP contribution in [-0.2, 0) is 16.6 Å². The third kappa shape index (κ3) is 3.42. The molecule has 0 aromatic heterocycles. The van der Waals surface area contributed by atoms with Gasteiger partial charge in [-0.05, 0) is 44.6 Å². The molecular weight excluding hydrogens is 295 g/mol. The van der Waals surface area contributed by atoms with Gasteiger partial charge in [0.25, 0.3) is 0 Å². The van der Waals surface area contributed by atoms with Gasteiger partial charge in [0.2, 0.25) is 10.0 Å². The first-order chi connectivity index (χ1) is 9.86. The molecule has 0 saturated carbocycles. The van der Waals surface area contributed by atoms with Crippen molar-refractivity contribution >= 4 is 10.0 Å². The van der Waals surface area contributed by atoms with Gasteiger partial charge in [-0.3, -0.25) is 0 Å². The summed E-state index contributed by atoms with van der Waals surface area (Å²) in [4.78, 5) is 1.96. The van der Waals surface area contributed by atoms with Crippen LogP contribution in [0, 0.1) is 5.82 Å². The van der Waals surface area contributed by atoms with E-state index in [9.17, 15) is 17.9 Å². The van der Waals surface area contributed by atoms with Crippen LogP contribution in [0.2, 0.25) is 0 Å². The zero-order valence-electron chi connectivity index (χ0n) is 12.3. The molecule has 1 aromatic carbocycles. The number of rotatable bonds is 4. The van der Waals surface area contributed by atoms with Crippen LogP contribution in [0.1, 0.15) is 18.4 Å². The van der Waals surface area contributed by atoms with Gasteiger partial charge in [0, 0.05) is 19.1 Å². The Morgan fingerprint density at radius 2 is 1.95 bits per heavy atom. The lowest BCUT2D eigenvalue weighted by Gasteiger charge is -2.34. The number of nitrogens with zero attached hydrogens (tertiary/aromatic N) is 2. The second-order valence-electron chi connectivity index (χ2n) is 5.51. The Morgan fingerprint density at radius 3 is 2.48 bits per heavy atom. The van der Waals surface area contributed by atoms with Gasteiger partial charge in [-0.2, -0.15) is 4.31 Å². The summed E-state index contributed by atoms with van der Waals surface area (Å²) >= 11 is 0. The van der Waals surface area contributed by atoms with Crippen LogP contribution < -0.4 is 0 Å². The maximum Gasteiger partial charge on any atom is 0.243 e. The monoisotopic (exact) mass is 316 g/mol. The first kappa shape index (κ1) is 16.4. The Labute approximate surface area is 125 Å². The molecule has 5 nitrogen and oxygen atoms in total. The van der Waals surface area contributed by atoms with Crippen LogP contribution in [0.25, 0.3) is 0 Å². The lowest BCUT2D eigenvalue weighted by molar-refractivity contribution is 0.196. The number of aliphatic hydroxyl groups excluding tert-OH is 1. The molecule has 1 aromatic rings. The number of halogens is 1. The Hall–Kier alpha value is -1.02. The summed E-state index contributed by atoms with van der Waals surface area (Å²) in [6.45, 7) is 0.391. The fourth-order valence-corrected chi connectivity index (χ4v) is 4.33. The smallest absolute Gasteiger partial charge is 0.243 e. The van der Waals surface area contributed by atoms with Crippen molar-refractivity contribution in [2.45, 2.75) is 30.4 Å². The average Bonchev–Trinajstić information content (AvgIpc) is 2.47. The van der Waals surface area contributed by atoms with E-state index in [0.717, 1.165) is 25.0 Å². The molecule has 1 aliphatic heterocycles. The maximum absolute atomic E-state index is 13.4. The van der Waals surface area contributed by atoms with Crippen molar-refractivity contribution < 1.29 is 17.9 Å². The molecule has 1 heterocycles. The first-order valence-corrected chi connectivity index (χ1v) is 8.36. The van der Waals surface area contributed by atoms with E-state index in [2.05, 4.69) is 4.90 Å². The molecular formula is C14H21FN2O3S. The van der Waals surface area contributed by atoms with Crippen molar-refractivity contribution in [2.24, 2.45) is 0 Å². The van der Waals surface area contributed by atoms with Gasteiger partial charge in [-0.15, -0.1) is 0 Å². The summed E-state index contributed by atoms with van der Waals surface area (Å²) in [6.07, 6.45) is 1.49. The molecule has 21 heavy (non-hydrogen) atoms. The van der Waals surface area contributed by atoms with E-state index in [0.29, 0.717) is 19.1 Å². The number of piperidine rings is 1.